The molecule has 0 radical (unpaired) electrons. The number of nitrogens with one attached hydrogen (secondary N) is 1. The zero-order valence-corrected chi connectivity index (χ0v) is 19.0. The molecular formula is C24H28N2O7. The molecule has 0 aliphatic carbocycles. The van der Waals surface area contributed by atoms with Crippen LogP contribution in [0.25, 0.3) is 0 Å². The van der Waals surface area contributed by atoms with Crippen LogP contribution in [-0.2, 0) is 9.53 Å². The number of amides is 3. The number of carbonyl (C=O) groups is 3. The minimum atomic E-state index is -0.728. The van der Waals surface area contributed by atoms with E-state index in [1.807, 2.05) is 51.1 Å². The summed E-state index contributed by atoms with van der Waals surface area (Å²) in [7, 11) is 0. The molecule has 0 bridgehead atoms. The van der Waals surface area contributed by atoms with Crippen LogP contribution in [-0.4, -0.2) is 55.8 Å². The normalized spacial score (nSPS) is 14.0. The molecule has 176 valence electrons. The summed E-state index contributed by atoms with van der Waals surface area (Å²) in [5.74, 6) is 0.347. The summed E-state index contributed by atoms with van der Waals surface area (Å²) in [6.07, 6.45) is -0.728. The highest BCUT2D eigenvalue weighted by Crippen LogP contribution is 2.39. The smallest absolute Gasteiger partial charge is 0.417 e. The molecule has 0 aromatic heterocycles. The fourth-order valence-corrected chi connectivity index (χ4v) is 3.42. The third kappa shape index (κ3) is 5.74. The number of nitrogens with zero attached hydrogens (tertiary/aromatic N) is 1. The molecular weight excluding hydrogens is 428 g/mol. The van der Waals surface area contributed by atoms with Gasteiger partial charge in [0.05, 0.1) is 32.4 Å². The predicted molar refractivity (Wildman–Crippen MR) is 120 cm³/mol. The third-order valence-corrected chi connectivity index (χ3v) is 4.88. The molecule has 1 fully saturated rings. The fourth-order valence-electron chi connectivity index (χ4n) is 3.42. The Morgan fingerprint density at radius 1 is 1.00 bits per heavy atom. The first-order valence-electron chi connectivity index (χ1n) is 10.9. The van der Waals surface area contributed by atoms with Gasteiger partial charge in [0.25, 0.3) is 11.8 Å². The number of cyclic esters (lactones) is 1. The van der Waals surface area contributed by atoms with Crippen molar-refractivity contribution in [2.75, 3.05) is 33.0 Å². The zero-order valence-electron chi connectivity index (χ0n) is 19.0. The van der Waals surface area contributed by atoms with E-state index < -0.39 is 23.9 Å². The lowest BCUT2D eigenvalue weighted by molar-refractivity contribution is -0.126. The standard InChI is InChI=1S/C24H28N2O7/c1-4-30-19-12-17(13-20(31-5-2)22(19)32-6-3)23(28)25-18(16-10-8-7-9-11-16)14-26-21(27)15-33-24(26)29/h7-13,18H,4-6,14-15H2,1-3H3,(H,25,28). The largest absolute Gasteiger partial charge is 0.490 e. The molecule has 3 rings (SSSR count). The second kappa shape index (κ2) is 11.2. The number of carbonyl (C=O) groups excluding carboxylic acids is 3. The van der Waals surface area contributed by atoms with Gasteiger partial charge in [-0.2, -0.15) is 0 Å². The molecule has 2 aromatic carbocycles. The molecule has 1 unspecified atom stereocenters. The molecule has 1 aliphatic heterocycles. The van der Waals surface area contributed by atoms with Crippen molar-refractivity contribution in [3.05, 3.63) is 53.6 Å². The molecule has 2 aromatic rings. The van der Waals surface area contributed by atoms with Crippen LogP contribution in [0, 0.1) is 0 Å². The van der Waals surface area contributed by atoms with Crippen LogP contribution in [0.4, 0.5) is 4.79 Å². The highest BCUT2D eigenvalue weighted by Gasteiger charge is 2.34. The van der Waals surface area contributed by atoms with Gasteiger partial charge in [-0.25, -0.2) is 9.69 Å². The number of rotatable bonds is 11. The van der Waals surface area contributed by atoms with Crippen LogP contribution in [0.1, 0.15) is 42.7 Å². The van der Waals surface area contributed by atoms with Crippen LogP contribution in [0.2, 0.25) is 0 Å². The number of imide groups is 1. The first-order chi connectivity index (χ1) is 16.0. The monoisotopic (exact) mass is 456 g/mol. The summed E-state index contributed by atoms with van der Waals surface area (Å²) in [6, 6.07) is 11.6. The number of hydrogen-bond acceptors (Lipinski definition) is 7. The van der Waals surface area contributed by atoms with E-state index in [0.29, 0.717) is 42.6 Å². The maximum absolute atomic E-state index is 13.3. The summed E-state index contributed by atoms with van der Waals surface area (Å²) in [5.41, 5.74) is 1.03. The minimum absolute atomic E-state index is 0.0545. The van der Waals surface area contributed by atoms with Gasteiger partial charge in [-0.3, -0.25) is 9.59 Å². The number of benzene rings is 2. The topological polar surface area (TPSA) is 103 Å². The Labute approximate surface area is 192 Å². The molecule has 1 N–H and O–H groups in total. The van der Waals surface area contributed by atoms with Gasteiger partial charge in [-0.1, -0.05) is 30.3 Å². The quantitative estimate of drug-likeness (QED) is 0.553. The first-order valence-corrected chi connectivity index (χ1v) is 10.9. The highest BCUT2D eigenvalue weighted by molar-refractivity contribution is 5.98. The van der Waals surface area contributed by atoms with E-state index in [0.717, 1.165) is 10.5 Å². The van der Waals surface area contributed by atoms with Gasteiger partial charge in [-0.05, 0) is 38.5 Å². The third-order valence-electron chi connectivity index (χ3n) is 4.88. The number of ether oxygens (including phenoxy) is 4. The van der Waals surface area contributed by atoms with Gasteiger partial charge in [0, 0.05) is 5.56 Å². The van der Waals surface area contributed by atoms with E-state index in [-0.39, 0.29) is 13.2 Å². The lowest BCUT2D eigenvalue weighted by atomic mass is 10.1. The minimum Gasteiger partial charge on any atom is -0.490 e. The van der Waals surface area contributed by atoms with Crippen molar-refractivity contribution in [1.29, 1.82) is 0 Å². The molecule has 3 amide bonds. The Hall–Kier alpha value is -3.75. The zero-order chi connectivity index (χ0) is 23.8. The first kappa shape index (κ1) is 23.9. The second-order valence-corrected chi connectivity index (χ2v) is 7.10. The van der Waals surface area contributed by atoms with E-state index in [2.05, 4.69) is 5.32 Å². The molecule has 1 aliphatic rings. The molecule has 1 atom stereocenters. The maximum Gasteiger partial charge on any atom is 0.417 e. The van der Waals surface area contributed by atoms with Crippen LogP contribution < -0.4 is 19.5 Å². The van der Waals surface area contributed by atoms with Gasteiger partial charge in [0.15, 0.2) is 18.1 Å². The van der Waals surface area contributed by atoms with Crippen molar-refractivity contribution in [2.45, 2.75) is 26.8 Å². The van der Waals surface area contributed by atoms with Crippen LogP contribution in [0.5, 0.6) is 17.2 Å². The van der Waals surface area contributed by atoms with E-state index in [9.17, 15) is 14.4 Å². The SMILES string of the molecule is CCOc1cc(C(=O)NC(CN2C(=O)COC2=O)c2ccccc2)cc(OCC)c1OCC. The van der Waals surface area contributed by atoms with Gasteiger partial charge in [0.2, 0.25) is 5.75 Å². The van der Waals surface area contributed by atoms with Crippen molar-refractivity contribution >= 4 is 17.9 Å². The number of hydrogen-bond donors (Lipinski definition) is 1. The van der Waals surface area contributed by atoms with Gasteiger partial charge in [-0.15, -0.1) is 0 Å². The molecule has 9 heteroatoms. The molecule has 0 saturated carbocycles. The van der Waals surface area contributed by atoms with Gasteiger partial charge in [0.1, 0.15) is 0 Å². The Morgan fingerprint density at radius 3 is 2.12 bits per heavy atom. The Kier molecular flexibility index (Phi) is 8.12. The highest BCUT2D eigenvalue weighted by atomic mass is 16.6. The summed E-state index contributed by atoms with van der Waals surface area (Å²) >= 11 is 0. The summed E-state index contributed by atoms with van der Waals surface area (Å²) in [4.78, 5) is 38.3. The second-order valence-electron chi connectivity index (χ2n) is 7.10. The molecule has 9 nitrogen and oxygen atoms in total. The van der Waals surface area contributed by atoms with Gasteiger partial charge >= 0.3 is 6.09 Å². The van der Waals surface area contributed by atoms with Crippen LogP contribution in [0.15, 0.2) is 42.5 Å². The Balaban J connectivity index is 1.92. The van der Waals surface area contributed by atoms with Crippen molar-refractivity contribution < 1.29 is 33.3 Å². The van der Waals surface area contributed by atoms with Crippen LogP contribution >= 0.6 is 0 Å². The van der Waals surface area contributed by atoms with Crippen molar-refractivity contribution in [2.24, 2.45) is 0 Å². The lowest BCUT2D eigenvalue weighted by Gasteiger charge is -2.23. The molecule has 0 spiro atoms. The lowest BCUT2D eigenvalue weighted by Crippen LogP contribution is -2.40. The average Bonchev–Trinajstić information content (AvgIpc) is 3.13. The average molecular weight is 456 g/mol. The predicted octanol–water partition coefficient (Wildman–Crippen LogP) is 3.33. The van der Waals surface area contributed by atoms with Crippen molar-refractivity contribution in [1.82, 2.24) is 10.2 Å². The van der Waals surface area contributed by atoms with Crippen molar-refractivity contribution in [3.8, 4) is 17.2 Å². The van der Waals surface area contributed by atoms with E-state index in [1.54, 1.807) is 12.1 Å². The summed E-state index contributed by atoms with van der Waals surface area (Å²) in [6.45, 7) is 6.32. The fraction of sp³-hybridized carbons (Fsp3) is 0.375. The van der Waals surface area contributed by atoms with E-state index in [1.165, 1.54) is 0 Å². The van der Waals surface area contributed by atoms with Crippen LogP contribution in [0.3, 0.4) is 0 Å². The van der Waals surface area contributed by atoms with E-state index in [4.69, 9.17) is 18.9 Å². The van der Waals surface area contributed by atoms with Gasteiger partial charge < -0.3 is 24.3 Å². The summed E-state index contributed by atoms with van der Waals surface area (Å²) < 4.78 is 21.9. The van der Waals surface area contributed by atoms with E-state index >= 15 is 0 Å². The maximum atomic E-state index is 13.3. The Morgan fingerprint density at radius 2 is 1.61 bits per heavy atom. The molecule has 33 heavy (non-hydrogen) atoms. The summed E-state index contributed by atoms with van der Waals surface area (Å²) in [5, 5.41) is 2.92. The van der Waals surface area contributed by atoms with Crippen molar-refractivity contribution in [3.63, 3.8) is 0 Å². The molecule has 1 heterocycles. The molecule has 1 saturated heterocycles. The Bertz CT molecular complexity index is 951.